The molecule has 0 aromatic heterocycles. The third kappa shape index (κ3) is 4.81. The molecule has 4 aliphatic rings. The van der Waals surface area contributed by atoms with E-state index >= 15 is 0 Å². The van der Waals surface area contributed by atoms with E-state index in [1.54, 1.807) is 38.1 Å². The fraction of sp³-hybridized carbons (Fsp3) is 0.632. The SMILES string of the molecule is CC(=O)c1ccccc1OC(C)(C)C=CC(=O)C(C)(O)C1C(O)CC2(C)C3CC=C4C(CC(O)C(=O)C4(C)C)C3(C)C(=O)CC12C. The van der Waals surface area contributed by atoms with Crippen molar-refractivity contribution in [2.45, 2.75) is 111 Å². The number of hydrogen-bond acceptors (Lipinski definition) is 8. The van der Waals surface area contributed by atoms with Crippen LogP contribution >= 0.6 is 0 Å². The number of fused-ring (bicyclic) bond motifs is 5. The van der Waals surface area contributed by atoms with Crippen LogP contribution in [-0.2, 0) is 14.4 Å². The van der Waals surface area contributed by atoms with Crippen LogP contribution in [0.25, 0.3) is 0 Å². The van der Waals surface area contributed by atoms with Gasteiger partial charge in [-0.2, -0.15) is 0 Å². The Morgan fingerprint density at radius 2 is 1.63 bits per heavy atom. The van der Waals surface area contributed by atoms with Gasteiger partial charge in [0.1, 0.15) is 28.8 Å². The van der Waals surface area contributed by atoms with Gasteiger partial charge in [0.05, 0.1) is 11.7 Å². The van der Waals surface area contributed by atoms with Crippen LogP contribution < -0.4 is 4.74 Å². The third-order valence-corrected chi connectivity index (χ3v) is 12.8. The smallest absolute Gasteiger partial charge is 0.187 e. The molecule has 0 aliphatic heterocycles. The third-order valence-electron chi connectivity index (χ3n) is 12.8. The molecule has 1 aromatic rings. The molecular formula is C38H50O8. The Kier molecular flexibility index (Phi) is 8.07. The van der Waals surface area contributed by atoms with Gasteiger partial charge in [0.25, 0.3) is 0 Å². The van der Waals surface area contributed by atoms with E-state index in [4.69, 9.17) is 4.74 Å². The number of para-hydroxylation sites is 1. The first-order valence-electron chi connectivity index (χ1n) is 16.4. The van der Waals surface area contributed by atoms with E-state index < -0.39 is 56.8 Å². The van der Waals surface area contributed by atoms with Crippen molar-refractivity contribution in [2.75, 3.05) is 0 Å². The first-order valence-corrected chi connectivity index (χ1v) is 16.4. The van der Waals surface area contributed by atoms with E-state index in [9.17, 15) is 34.5 Å². The molecule has 0 amide bonds. The van der Waals surface area contributed by atoms with Crippen molar-refractivity contribution in [3.8, 4) is 5.75 Å². The summed E-state index contributed by atoms with van der Waals surface area (Å²) in [5, 5.41) is 34.5. The number of aliphatic hydroxyl groups is 3. The summed E-state index contributed by atoms with van der Waals surface area (Å²) >= 11 is 0. The first kappa shape index (κ1) is 34.4. The summed E-state index contributed by atoms with van der Waals surface area (Å²) in [6, 6.07) is 6.86. The molecule has 0 spiro atoms. The monoisotopic (exact) mass is 634 g/mol. The van der Waals surface area contributed by atoms with E-state index in [-0.39, 0.29) is 42.0 Å². The largest absolute Gasteiger partial charge is 0.483 e. The van der Waals surface area contributed by atoms with Crippen LogP contribution in [0.5, 0.6) is 5.75 Å². The van der Waals surface area contributed by atoms with Gasteiger partial charge >= 0.3 is 0 Å². The highest BCUT2D eigenvalue weighted by atomic mass is 16.5. The second-order valence-electron chi connectivity index (χ2n) is 16.3. The van der Waals surface area contributed by atoms with Gasteiger partial charge in [-0.3, -0.25) is 19.2 Å². The number of benzene rings is 1. The van der Waals surface area contributed by atoms with Crippen molar-refractivity contribution in [3.63, 3.8) is 0 Å². The Labute approximate surface area is 272 Å². The highest BCUT2D eigenvalue weighted by molar-refractivity contribution is 5.98. The molecule has 1 aromatic carbocycles. The van der Waals surface area contributed by atoms with Crippen LogP contribution in [0.4, 0.5) is 0 Å². The fourth-order valence-corrected chi connectivity index (χ4v) is 10.2. The lowest BCUT2D eigenvalue weighted by Gasteiger charge is -2.64. The maximum absolute atomic E-state index is 14.5. The Hall–Kier alpha value is -2.94. The molecule has 0 bridgehead atoms. The normalized spacial score (nSPS) is 38.3. The van der Waals surface area contributed by atoms with Crippen LogP contribution in [0, 0.1) is 39.4 Å². The van der Waals surface area contributed by atoms with E-state index in [0.717, 1.165) is 5.57 Å². The zero-order valence-electron chi connectivity index (χ0n) is 28.6. The van der Waals surface area contributed by atoms with Crippen LogP contribution in [0.2, 0.25) is 0 Å². The summed E-state index contributed by atoms with van der Waals surface area (Å²) in [7, 11) is 0. The van der Waals surface area contributed by atoms with Crippen molar-refractivity contribution in [1.82, 2.24) is 0 Å². The van der Waals surface area contributed by atoms with Crippen LogP contribution in [0.15, 0.2) is 48.1 Å². The molecule has 0 heterocycles. The Bertz CT molecular complexity index is 1550. The quantitative estimate of drug-likeness (QED) is 0.211. The van der Waals surface area contributed by atoms with Gasteiger partial charge < -0.3 is 20.1 Å². The lowest BCUT2D eigenvalue weighted by atomic mass is 9.38. The molecule has 9 atom stereocenters. The van der Waals surface area contributed by atoms with E-state index in [0.29, 0.717) is 24.2 Å². The number of allylic oxidation sites excluding steroid dienone is 2. The molecule has 3 fully saturated rings. The minimum absolute atomic E-state index is 0.0259. The van der Waals surface area contributed by atoms with Crippen LogP contribution in [-0.4, -0.2) is 61.9 Å². The van der Waals surface area contributed by atoms with Gasteiger partial charge in [-0.05, 0) is 108 Å². The number of aliphatic hydroxyl groups excluding tert-OH is 2. The Balaban J connectivity index is 1.46. The topological polar surface area (TPSA) is 138 Å². The van der Waals surface area contributed by atoms with Crippen molar-refractivity contribution in [1.29, 1.82) is 0 Å². The number of hydrogen-bond donors (Lipinski definition) is 3. The molecule has 8 nitrogen and oxygen atoms in total. The predicted molar refractivity (Wildman–Crippen MR) is 173 cm³/mol. The molecule has 9 unspecified atom stereocenters. The van der Waals surface area contributed by atoms with Crippen LogP contribution in [0.1, 0.15) is 98.4 Å². The van der Waals surface area contributed by atoms with Gasteiger partial charge in [-0.15, -0.1) is 0 Å². The van der Waals surface area contributed by atoms with E-state index in [1.807, 2.05) is 27.7 Å². The first-order chi connectivity index (χ1) is 21.1. The maximum atomic E-state index is 14.5. The minimum atomic E-state index is -2.01. The standard InChI is InChI=1S/C38H50O8/c1-21(39)22-12-10-11-13-27(22)46-33(2,3)17-16-29(42)38(9,45)31-26(41)19-35(6)28-15-14-23-24(18-25(40)32(44)34(23,4)5)37(28,8)30(43)20-36(31,35)7/h10-14,16-17,24-26,28,31,40-41,45H,15,18-20H2,1-9H3. The van der Waals surface area contributed by atoms with Crippen molar-refractivity contribution >= 4 is 23.1 Å². The predicted octanol–water partition coefficient (Wildman–Crippen LogP) is 5.22. The maximum Gasteiger partial charge on any atom is 0.187 e. The number of Topliss-reactive ketones (excluding diaryl/α,β-unsaturated/α-hetero) is 3. The van der Waals surface area contributed by atoms with Gasteiger partial charge in [-0.1, -0.05) is 44.6 Å². The molecule has 3 saturated carbocycles. The fourth-order valence-electron chi connectivity index (χ4n) is 10.2. The average Bonchev–Trinajstić information content (AvgIpc) is 3.15. The second kappa shape index (κ2) is 10.8. The van der Waals surface area contributed by atoms with Gasteiger partial charge in [-0.25, -0.2) is 0 Å². The second-order valence-corrected chi connectivity index (χ2v) is 16.3. The summed E-state index contributed by atoms with van der Waals surface area (Å²) in [6.45, 7) is 15.9. The number of carbonyl (C=O) groups is 4. The molecule has 3 N–H and O–H groups in total. The highest BCUT2D eigenvalue weighted by Crippen LogP contribution is 2.74. The summed E-state index contributed by atoms with van der Waals surface area (Å²) in [5.41, 5.74) is -5.01. The molecule has 0 saturated heterocycles. The highest BCUT2D eigenvalue weighted by Gasteiger charge is 2.74. The molecule has 4 aliphatic carbocycles. The molecule has 0 radical (unpaired) electrons. The number of carbonyl (C=O) groups excluding carboxylic acids is 4. The minimum Gasteiger partial charge on any atom is -0.483 e. The lowest BCUT2D eigenvalue weighted by molar-refractivity contribution is -0.183. The summed E-state index contributed by atoms with van der Waals surface area (Å²) in [4.78, 5) is 53.3. The van der Waals surface area contributed by atoms with E-state index in [2.05, 4.69) is 13.0 Å². The van der Waals surface area contributed by atoms with Gasteiger partial charge in [0, 0.05) is 23.2 Å². The van der Waals surface area contributed by atoms with Gasteiger partial charge in [0.2, 0.25) is 0 Å². The molecular weight excluding hydrogens is 584 g/mol. The van der Waals surface area contributed by atoms with Crippen molar-refractivity contribution in [3.05, 3.63) is 53.6 Å². The number of ketones is 4. The number of ether oxygens (including phenoxy) is 1. The van der Waals surface area contributed by atoms with Crippen molar-refractivity contribution in [2.24, 2.45) is 39.4 Å². The van der Waals surface area contributed by atoms with Crippen LogP contribution in [0.3, 0.4) is 0 Å². The van der Waals surface area contributed by atoms with Gasteiger partial charge in [0.15, 0.2) is 17.3 Å². The zero-order valence-corrected chi connectivity index (χ0v) is 28.6. The summed E-state index contributed by atoms with van der Waals surface area (Å²) in [6.07, 6.45) is 3.73. The molecule has 5 rings (SSSR count). The van der Waals surface area contributed by atoms with Crippen molar-refractivity contribution < 1.29 is 39.2 Å². The zero-order chi connectivity index (χ0) is 34.4. The lowest BCUT2D eigenvalue weighted by Crippen LogP contribution is -2.65. The summed E-state index contributed by atoms with van der Waals surface area (Å²) in [5.74, 6) is -2.12. The molecule has 8 heteroatoms. The Morgan fingerprint density at radius 3 is 2.26 bits per heavy atom. The van der Waals surface area contributed by atoms with E-state index in [1.165, 1.54) is 26.0 Å². The number of rotatable bonds is 7. The molecule has 250 valence electrons. The summed E-state index contributed by atoms with van der Waals surface area (Å²) < 4.78 is 6.10. The Morgan fingerprint density at radius 1 is 1.00 bits per heavy atom. The average molecular weight is 635 g/mol. The molecule has 46 heavy (non-hydrogen) atoms.